The van der Waals surface area contributed by atoms with Crippen molar-refractivity contribution in [2.45, 2.75) is 18.9 Å². The van der Waals surface area contributed by atoms with E-state index in [2.05, 4.69) is 0 Å². The lowest BCUT2D eigenvalue weighted by molar-refractivity contribution is -0.128. The third-order valence-electron chi connectivity index (χ3n) is 2.58. The lowest BCUT2D eigenvalue weighted by atomic mass is 10.0. The molecule has 1 aromatic carbocycles. The third-order valence-corrected chi connectivity index (χ3v) is 2.58. The van der Waals surface area contributed by atoms with Crippen LogP contribution in [0.1, 0.15) is 30.1 Å². The maximum absolute atomic E-state index is 11.6. The number of benzene rings is 1. The number of nitriles is 1. The highest BCUT2D eigenvalue weighted by atomic mass is 16.3. The SMILES string of the molecule is N#Cc1cccc(C(O)C(=O)C2CC2)c1. The van der Waals surface area contributed by atoms with Crippen LogP contribution in [0.2, 0.25) is 0 Å². The summed E-state index contributed by atoms with van der Waals surface area (Å²) in [5, 5.41) is 18.4. The minimum absolute atomic E-state index is 0.0331. The number of aliphatic hydroxyl groups excluding tert-OH is 1. The number of nitrogens with zero attached hydrogens (tertiary/aromatic N) is 1. The van der Waals surface area contributed by atoms with E-state index < -0.39 is 6.10 Å². The molecule has 0 aliphatic heterocycles. The van der Waals surface area contributed by atoms with Crippen LogP contribution < -0.4 is 0 Å². The van der Waals surface area contributed by atoms with Gasteiger partial charge in [0.05, 0.1) is 11.6 Å². The topological polar surface area (TPSA) is 61.1 Å². The molecule has 0 bridgehead atoms. The third kappa shape index (κ3) is 2.05. The molecule has 0 saturated heterocycles. The number of ketones is 1. The summed E-state index contributed by atoms with van der Waals surface area (Å²) in [7, 11) is 0. The maximum Gasteiger partial charge on any atom is 0.168 e. The van der Waals surface area contributed by atoms with E-state index in [1.54, 1.807) is 24.3 Å². The van der Waals surface area contributed by atoms with Gasteiger partial charge in [0.15, 0.2) is 5.78 Å². The van der Waals surface area contributed by atoms with Gasteiger partial charge in [-0.3, -0.25) is 4.79 Å². The lowest BCUT2D eigenvalue weighted by Gasteiger charge is -2.08. The molecule has 1 aromatic rings. The fraction of sp³-hybridized carbons (Fsp3) is 0.333. The quantitative estimate of drug-likeness (QED) is 0.807. The number of rotatable bonds is 3. The van der Waals surface area contributed by atoms with Crippen molar-refractivity contribution in [3.05, 3.63) is 35.4 Å². The second-order valence-electron chi connectivity index (χ2n) is 3.82. The second-order valence-corrected chi connectivity index (χ2v) is 3.82. The summed E-state index contributed by atoms with van der Waals surface area (Å²) in [6.07, 6.45) is 0.701. The number of Topliss-reactive ketones (excluding diaryl/α,β-unsaturated/α-hetero) is 1. The first-order valence-corrected chi connectivity index (χ1v) is 4.94. The van der Waals surface area contributed by atoms with Gasteiger partial charge in [-0.1, -0.05) is 12.1 Å². The van der Waals surface area contributed by atoms with Crippen molar-refractivity contribution in [2.75, 3.05) is 0 Å². The summed E-state index contributed by atoms with van der Waals surface area (Å²) >= 11 is 0. The predicted octanol–water partition coefficient (Wildman–Crippen LogP) is 1.57. The van der Waals surface area contributed by atoms with Crippen LogP contribution in [0.3, 0.4) is 0 Å². The molecule has 76 valence electrons. The minimum atomic E-state index is -1.06. The Kier molecular flexibility index (Phi) is 2.53. The second kappa shape index (κ2) is 3.84. The van der Waals surface area contributed by atoms with Crippen molar-refractivity contribution in [1.82, 2.24) is 0 Å². The van der Waals surface area contributed by atoms with Crippen molar-refractivity contribution >= 4 is 5.78 Å². The maximum atomic E-state index is 11.6. The Morgan fingerprint density at radius 2 is 2.27 bits per heavy atom. The first-order chi connectivity index (χ1) is 7.22. The summed E-state index contributed by atoms with van der Waals surface area (Å²) in [4.78, 5) is 11.6. The van der Waals surface area contributed by atoms with Crippen molar-refractivity contribution in [3.8, 4) is 6.07 Å². The molecule has 0 radical (unpaired) electrons. The molecule has 0 aromatic heterocycles. The van der Waals surface area contributed by atoms with E-state index in [-0.39, 0.29) is 11.7 Å². The van der Waals surface area contributed by atoms with Gasteiger partial charge in [0.2, 0.25) is 0 Å². The largest absolute Gasteiger partial charge is 0.381 e. The molecule has 0 heterocycles. The van der Waals surface area contributed by atoms with Gasteiger partial charge in [0.1, 0.15) is 6.10 Å². The highest BCUT2D eigenvalue weighted by Crippen LogP contribution is 2.34. The molecular formula is C12H11NO2. The van der Waals surface area contributed by atoms with Crippen LogP contribution in [0.25, 0.3) is 0 Å². The van der Waals surface area contributed by atoms with Gasteiger partial charge >= 0.3 is 0 Å². The van der Waals surface area contributed by atoms with Gasteiger partial charge in [0.25, 0.3) is 0 Å². The zero-order chi connectivity index (χ0) is 10.8. The first-order valence-electron chi connectivity index (χ1n) is 4.94. The zero-order valence-electron chi connectivity index (χ0n) is 8.18. The van der Waals surface area contributed by atoms with Crippen molar-refractivity contribution in [2.24, 2.45) is 5.92 Å². The molecule has 0 spiro atoms. The molecule has 1 aliphatic carbocycles. The first kappa shape index (κ1) is 9.88. The number of aliphatic hydroxyl groups is 1. The molecule has 0 amide bonds. The molecule has 2 rings (SSSR count). The summed E-state index contributed by atoms with van der Waals surface area (Å²) in [6.45, 7) is 0. The zero-order valence-corrected chi connectivity index (χ0v) is 8.18. The number of carbonyl (C=O) groups excluding carboxylic acids is 1. The lowest BCUT2D eigenvalue weighted by Crippen LogP contribution is -2.13. The summed E-state index contributed by atoms with van der Waals surface area (Å²) in [5.74, 6) is -0.0872. The van der Waals surface area contributed by atoms with Crippen LogP contribution in [0.4, 0.5) is 0 Å². The molecule has 1 atom stereocenters. The van der Waals surface area contributed by atoms with Crippen LogP contribution in [-0.4, -0.2) is 10.9 Å². The molecule has 1 saturated carbocycles. The highest BCUT2D eigenvalue weighted by molar-refractivity contribution is 5.88. The Morgan fingerprint density at radius 1 is 1.53 bits per heavy atom. The van der Waals surface area contributed by atoms with Gasteiger partial charge < -0.3 is 5.11 Å². The Hall–Kier alpha value is -1.66. The van der Waals surface area contributed by atoms with Crippen LogP contribution in [0.15, 0.2) is 24.3 Å². The standard InChI is InChI=1S/C12H11NO2/c13-7-8-2-1-3-10(6-8)12(15)11(14)9-4-5-9/h1-3,6,9,12,15H,4-5H2. The van der Waals surface area contributed by atoms with Gasteiger partial charge in [-0.05, 0) is 30.5 Å². The molecule has 1 aliphatic rings. The number of hydrogen-bond acceptors (Lipinski definition) is 3. The molecule has 15 heavy (non-hydrogen) atoms. The minimum Gasteiger partial charge on any atom is -0.381 e. The Morgan fingerprint density at radius 3 is 2.87 bits per heavy atom. The number of hydrogen-bond donors (Lipinski definition) is 1. The van der Waals surface area contributed by atoms with Crippen LogP contribution in [0, 0.1) is 17.2 Å². The Balaban J connectivity index is 2.21. The Labute approximate surface area is 88.0 Å². The van der Waals surface area contributed by atoms with Gasteiger partial charge in [-0.2, -0.15) is 5.26 Å². The normalized spacial score (nSPS) is 16.8. The monoisotopic (exact) mass is 201 g/mol. The van der Waals surface area contributed by atoms with Crippen molar-refractivity contribution in [3.63, 3.8) is 0 Å². The summed E-state index contributed by atoms with van der Waals surface area (Å²) < 4.78 is 0. The van der Waals surface area contributed by atoms with E-state index in [0.717, 1.165) is 12.8 Å². The fourth-order valence-electron chi connectivity index (χ4n) is 1.53. The Bertz CT molecular complexity index is 429. The van der Waals surface area contributed by atoms with Crippen LogP contribution in [-0.2, 0) is 4.79 Å². The van der Waals surface area contributed by atoms with Gasteiger partial charge in [-0.25, -0.2) is 0 Å². The average molecular weight is 201 g/mol. The summed E-state index contributed by atoms with van der Waals surface area (Å²) in [5.41, 5.74) is 0.987. The van der Waals surface area contributed by atoms with E-state index in [0.29, 0.717) is 11.1 Å². The highest BCUT2D eigenvalue weighted by Gasteiger charge is 2.34. The fourth-order valence-corrected chi connectivity index (χ4v) is 1.53. The van der Waals surface area contributed by atoms with E-state index in [4.69, 9.17) is 5.26 Å². The molecule has 3 heteroatoms. The van der Waals surface area contributed by atoms with Crippen molar-refractivity contribution < 1.29 is 9.90 Å². The molecular weight excluding hydrogens is 190 g/mol. The molecule has 1 unspecified atom stereocenters. The van der Waals surface area contributed by atoms with E-state index >= 15 is 0 Å². The average Bonchev–Trinajstić information content (AvgIpc) is 3.11. The van der Waals surface area contributed by atoms with Gasteiger partial charge in [0, 0.05) is 5.92 Å². The van der Waals surface area contributed by atoms with Gasteiger partial charge in [-0.15, -0.1) is 0 Å². The van der Waals surface area contributed by atoms with Crippen LogP contribution >= 0.6 is 0 Å². The van der Waals surface area contributed by atoms with E-state index in [9.17, 15) is 9.90 Å². The van der Waals surface area contributed by atoms with Crippen molar-refractivity contribution in [1.29, 1.82) is 5.26 Å². The van der Waals surface area contributed by atoms with E-state index in [1.165, 1.54) is 0 Å². The number of carbonyl (C=O) groups is 1. The molecule has 1 fully saturated rings. The summed E-state index contributed by atoms with van der Waals surface area (Å²) in [6, 6.07) is 8.54. The molecule has 1 N–H and O–H groups in total. The smallest absolute Gasteiger partial charge is 0.168 e. The van der Waals surface area contributed by atoms with E-state index in [1.807, 2.05) is 6.07 Å². The van der Waals surface area contributed by atoms with Crippen LogP contribution in [0.5, 0.6) is 0 Å². The predicted molar refractivity (Wildman–Crippen MR) is 53.8 cm³/mol. The molecule has 3 nitrogen and oxygen atoms in total.